The van der Waals surface area contributed by atoms with Crippen LogP contribution in [0.4, 0.5) is 0 Å². The van der Waals surface area contributed by atoms with Crippen LogP contribution in [-0.4, -0.2) is 15.6 Å². The molecule has 0 saturated carbocycles. The molecule has 1 heterocycles. The average Bonchev–Trinajstić information content (AvgIpc) is 2.41. The first-order valence-corrected chi connectivity index (χ1v) is 7.15. The van der Waals surface area contributed by atoms with Crippen LogP contribution in [0.5, 0.6) is 0 Å². The average molecular weight is 335 g/mol. The highest BCUT2D eigenvalue weighted by Crippen LogP contribution is 2.17. The number of carbonyl (C=O) groups excluding carboxylic acids is 1. The van der Waals surface area contributed by atoms with Crippen LogP contribution in [0.1, 0.15) is 35.9 Å². The zero-order valence-corrected chi connectivity index (χ0v) is 12.9. The van der Waals surface area contributed by atoms with Crippen LogP contribution in [0.15, 0.2) is 45.7 Å². The van der Waals surface area contributed by atoms with Crippen molar-refractivity contribution < 1.29 is 4.79 Å². The SMILES string of the molecule is CC(C)n1nc(C(=O)Cc2ccccc2Br)ccc1=O. The number of hydrogen-bond acceptors (Lipinski definition) is 3. The third-order valence-corrected chi connectivity index (χ3v) is 3.68. The fraction of sp³-hybridized carbons (Fsp3) is 0.267. The molecular weight excluding hydrogens is 320 g/mol. The standard InChI is InChI=1S/C15H15BrN2O2/c1-10(2)18-15(20)8-7-13(17-18)14(19)9-11-5-3-4-6-12(11)16/h3-8,10H,9H2,1-2H3. The van der Waals surface area contributed by atoms with E-state index in [1.54, 1.807) is 0 Å². The fourth-order valence-electron chi connectivity index (χ4n) is 1.85. The van der Waals surface area contributed by atoms with E-state index in [1.807, 2.05) is 38.1 Å². The lowest BCUT2D eigenvalue weighted by atomic mass is 10.1. The highest BCUT2D eigenvalue weighted by molar-refractivity contribution is 9.10. The third-order valence-electron chi connectivity index (χ3n) is 2.91. The van der Waals surface area contributed by atoms with Crippen molar-refractivity contribution in [3.8, 4) is 0 Å². The molecule has 2 rings (SSSR count). The van der Waals surface area contributed by atoms with E-state index in [0.717, 1.165) is 10.0 Å². The molecule has 0 aliphatic rings. The molecule has 1 aromatic carbocycles. The van der Waals surface area contributed by atoms with Crippen LogP contribution in [0.2, 0.25) is 0 Å². The summed E-state index contributed by atoms with van der Waals surface area (Å²) in [6.07, 6.45) is 0.255. The van der Waals surface area contributed by atoms with Gasteiger partial charge in [-0.1, -0.05) is 34.1 Å². The molecule has 0 N–H and O–H groups in total. The number of nitrogens with zero attached hydrogens (tertiary/aromatic N) is 2. The van der Waals surface area contributed by atoms with Crippen LogP contribution in [0, 0.1) is 0 Å². The summed E-state index contributed by atoms with van der Waals surface area (Å²) >= 11 is 3.42. The lowest BCUT2D eigenvalue weighted by molar-refractivity contribution is 0.0985. The molecule has 2 aromatic rings. The number of benzene rings is 1. The molecule has 0 spiro atoms. The summed E-state index contributed by atoms with van der Waals surface area (Å²) in [5.41, 5.74) is 1.02. The largest absolute Gasteiger partial charge is 0.292 e. The lowest BCUT2D eigenvalue weighted by Crippen LogP contribution is -2.26. The summed E-state index contributed by atoms with van der Waals surface area (Å²) < 4.78 is 2.22. The van der Waals surface area contributed by atoms with Crippen molar-refractivity contribution in [2.45, 2.75) is 26.3 Å². The topological polar surface area (TPSA) is 52.0 Å². The fourth-order valence-corrected chi connectivity index (χ4v) is 2.27. The molecule has 104 valence electrons. The molecule has 0 radical (unpaired) electrons. The molecule has 0 fully saturated rings. The number of carbonyl (C=O) groups is 1. The van der Waals surface area contributed by atoms with Gasteiger partial charge in [0.1, 0.15) is 5.69 Å². The number of halogens is 1. The Kier molecular flexibility index (Phi) is 4.49. The number of Topliss-reactive ketones (excluding diaryl/α,β-unsaturated/α-hetero) is 1. The normalized spacial score (nSPS) is 10.8. The second kappa shape index (κ2) is 6.13. The van der Waals surface area contributed by atoms with Crippen molar-refractivity contribution in [3.63, 3.8) is 0 Å². The van der Waals surface area contributed by atoms with Gasteiger partial charge in [0.2, 0.25) is 0 Å². The molecule has 0 amide bonds. The smallest absolute Gasteiger partial charge is 0.267 e. The van der Waals surface area contributed by atoms with Crippen LogP contribution in [-0.2, 0) is 6.42 Å². The minimum atomic E-state index is -0.197. The van der Waals surface area contributed by atoms with Gasteiger partial charge in [0.25, 0.3) is 5.56 Å². The van der Waals surface area contributed by atoms with Gasteiger partial charge in [-0.2, -0.15) is 5.10 Å². The van der Waals surface area contributed by atoms with E-state index in [0.29, 0.717) is 5.69 Å². The van der Waals surface area contributed by atoms with Crippen LogP contribution >= 0.6 is 15.9 Å². The number of ketones is 1. The zero-order valence-electron chi connectivity index (χ0n) is 11.3. The second-order valence-electron chi connectivity index (χ2n) is 4.79. The van der Waals surface area contributed by atoms with Gasteiger partial charge in [-0.3, -0.25) is 9.59 Å². The summed E-state index contributed by atoms with van der Waals surface area (Å²) in [7, 11) is 0. The van der Waals surface area contributed by atoms with Crippen molar-refractivity contribution in [2.75, 3.05) is 0 Å². The number of hydrogen-bond donors (Lipinski definition) is 0. The maximum absolute atomic E-state index is 12.3. The molecule has 0 aliphatic heterocycles. The molecule has 4 nitrogen and oxygen atoms in total. The summed E-state index contributed by atoms with van der Waals surface area (Å²) in [4.78, 5) is 23.9. The first kappa shape index (κ1) is 14.7. The molecule has 0 saturated heterocycles. The Morgan fingerprint density at radius 3 is 2.60 bits per heavy atom. The minimum Gasteiger partial charge on any atom is -0.292 e. The first-order valence-electron chi connectivity index (χ1n) is 6.35. The van der Waals surface area contributed by atoms with Gasteiger partial charge in [-0.05, 0) is 31.5 Å². The van der Waals surface area contributed by atoms with Gasteiger partial charge in [-0.15, -0.1) is 0 Å². The molecule has 0 bridgehead atoms. The van der Waals surface area contributed by atoms with Crippen LogP contribution < -0.4 is 5.56 Å². The Morgan fingerprint density at radius 1 is 1.25 bits per heavy atom. The Hall–Kier alpha value is -1.75. The van der Waals surface area contributed by atoms with Crippen molar-refractivity contribution in [1.82, 2.24) is 9.78 Å². The maximum atomic E-state index is 12.3. The predicted molar refractivity (Wildman–Crippen MR) is 81.1 cm³/mol. The van der Waals surface area contributed by atoms with Gasteiger partial charge in [0.15, 0.2) is 5.78 Å². The van der Waals surface area contributed by atoms with E-state index >= 15 is 0 Å². The first-order chi connectivity index (χ1) is 9.49. The van der Waals surface area contributed by atoms with E-state index in [1.165, 1.54) is 16.8 Å². The Labute approximate surface area is 125 Å². The monoisotopic (exact) mass is 334 g/mol. The Morgan fingerprint density at radius 2 is 1.95 bits per heavy atom. The predicted octanol–water partition coefficient (Wildman–Crippen LogP) is 3.01. The van der Waals surface area contributed by atoms with Gasteiger partial charge >= 0.3 is 0 Å². The van der Waals surface area contributed by atoms with Gasteiger partial charge in [0.05, 0.1) is 6.04 Å². The highest BCUT2D eigenvalue weighted by atomic mass is 79.9. The molecule has 0 atom stereocenters. The Bertz CT molecular complexity index is 692. The molecule has 0 aliphatic carbocycles. The quantitative estimate of drug-likeness (QED) is 0.807. The van der Waals surface area contributed by atoms with Crippen molar-refractivity contribution >= 4 is 21.7 Å². The van der Waals surface area contributed by atoms with E-state index in [9.17, 15) is 9.59 Å². The van der Waals surface area contributed by atoms with Gasteiger partial charge in [-0.25, -0.2) is 4.68 Å². The molecule has 20 heavy (non-hydrogen) atoms. The summed E-state index contributed by atoms with van der Waals surface area (Å²) in [6, 6.07) is 10.4. The summed E-state index contributed by atoms with van der Waals surface area (Å²) in [6.45, 7) is 3.72. The van der Waals surface area contributed by atoms with Crippen molar-refractivity contribution in [2.24, 2.45) is 0 Å². The van der Waals surface area contributed by atoms with Crippen LogP contribution in [0.25, 0.3) is 0 Å². The van der Waals surface area contributed by atoms with E-state index in [2.05, 4.69) is 21.0 Å². The highest BCUT2D eigenvalue weighted by Gasteiger charge is 2.13. The van der Waals surface area contributed by atoms with E-state index < -0.39 is 0 Å². The van der Waals surface area contributed by atoms with Crippen molar-refractivity contribution in [1.29, 1.82) is 0 Å². The van der Waals surface area contributed by atoms with Crippen molar-refractivity contribution in [3.05, 3.63) is 62.5 Å². The maximum Gasteiger partial charge on any atom is 0.267 e. The zero-order chi connectivity index (χ0) is 14.7. The second-order valence-corrected chi connectivity index (χ2v) is 5.64. The minimum absolute atomic E-state index is 0.0706. The van der Waals surface area contributed by atoms with Gasteiger partial charge < -0.3 is 0 Å². The lowest BCUT2D eigenvalue weighted by Gasteiger charge is -2.09. The molecular formula is C15H15BrN2O2. The molecule has 5 heteroatoms. The van der Waals surface area contributed by atoms with E-state index in [4.69, 9.17) is 0 Å². The Balaban J connectivity index is 2.28. The summed E-state index contributed by atoms with van der Waals surface area (Å²) in [5.74, 6) is -0.105. The third kappa shape index (κ3) is 3.22. The number of aromatic nitrogens is 2. The molecule has 1 aromatic heterocycles. The summed E-state index contributed by atoms with van der Waals surface area (Å²) in [5, 5.41) is 4.14. The molecule has 0 unspecified atom stereocenters. The van der Waals surface area contributed by atoms with Gasteiger partial charge in [0, 0.05) is 17.0 Å². The number of rotatable bonds is 4. The van der Waals surface area contributed by atoms with E-state index in [-0.39, 0.29) is 23.8 Å². The van der Waals surface area contributed by atoms with Crippen LogP contribution in [0.3, 0.4) is 0 Å².